The molecule has 0 aliphatic heterocycles. The average molecular weight is 272 g/mol. The molecule has 0 unspecified atom stereocenters. The number of rotatable bonds is 4. The summed E-state index contributed by atoms with van der Waals surface area (Å²) in [4.78, 5) is 15.9. The number of carbonyl (C=O) groups is 1. The number of Topliss-reactive ketones (excluding diaryl/α,β-unsaturated/α-hetero) is 1. The van der Waals surface area contributed by atoms with Gasteiger partial charge in [0.25, 0.3) is 5.89 Å². The lowest BCUT2D eigenvalue weighted by atomic mass is 9.91. The molecule has 0 atom stereocenters. The molecule has 0 bridgehead atoms. The van der Waals surface area contributed by atoms with Gasteiger partial charge in [-0.15, -0.1) is 0 Å². The molecule has 20 heavy (non-hydrogen) atoms. The van der Waals surface area contributed by atoms with Crippen molar-refractivity contribution in [2.75, 3.05) is 0 Å². The third kappa shape index (κ3) is 2.57. The van der Waals surface area contributed by atoms with Crippen molar-refractivity contribution in [2.45, 2.75) is 39.2 Å². The van der Waals surface area contributed by atoms with Crippen LogP contribution in [-0.2, 0) is 19.4 Å². The third-order valence-corrected chi connectivity index (χ3v) is 3.42. The van der Waals surface area contributed by atoms with Gasteiger partial charge in [0.1, 0.15) is 5.75 Å². The summed E-state index contributed by atoms with van der Waals surface area (Å²) >= 11 is 0. The number of aromatic nitrogens is 2. The molecule has 1 aromatic carbocycles. The van der Waals surface area contributed by atoms with Gasteiger partial charge >= 0.3 is 0 Å². The average Bonchev–Trinajstić information content (AvgIpc) is 2.93. The van der Waals surface area contributed by atoms with Crippen molar-refractivity contribution in [3.8, 4) is 5.75 Å². The zero-order chi connectivity index (χ0) is 13.9. The molecule has 0 radical (unpaired) electrons. The Labute approximate surface area is 116 Å². The van der Waals surface area contributed by atoms with Crippen LogP contribution in [0.4, 0.5) is 0 Å². The van der Waals surface area contributed by atoms with E-state index in [2.05, 4.69) is 10.1 Å². The number of fused-ring (bicyclic) bond motifs is 1. The molecule has 104 valence electrons. The minimum absolute atomic E-state index is 0.224. The fourth-order valence-corrected chi connectivity index (χ4v) is 2.35. The molecule has 0 spiro atoms. The van der Waals surface area contributed by atoms with Crippen LogP contribution in [0.25, 0.3) is 0 Å². The van der Waals surface area contributed by atoms with Crippen molar-refractivity contribution in [3.63, 3.8) is 0 Å². The molecular formula is C15H16N2O3. The fraction of sp³-hybridized carbons (Fsp3) is 0.400. The Kier molecular flexibility index (Phi) is 3.50. The van der Waals surface area contributed by atoms with E-state index in [1.165, 1.54) is 0 Å². The van der Waals surface area contributed by atoms with Crippen LogP contribution in [-0.4, -0.2) is 15.9 Å². The lowest BCUT2D eigenvalue weighted by Gasteiger charge is -2.15. The van der Waals surface area contributed by atoms with Crippen molar-refractivity contribution < 1.29 is 14.1 Å². The monoisotopic (exact) mass is 272 g/mol. The van der Waals surface area contributed by atoms with Crippen LogP contribution in [0.5, 0.6) is 5.75 Å². The van der Waals surface area contributed by atoms with E-state index in [1.807, 2.05) is 25.1 Å². The van der Waals surface area contributed by atoms with Crippen LogP contribution < -0.4 is 4.74 Å². The van der Waals surface area contributed by atoms with Gasteiger partial charge in [-0.3, -0.25) is 4.79 Å². The molecule has 0 fully saturated rings. The predicted octanol–water partition coefficient (Wildman–Crippen LogP) is 2.73. The first-order valence-corrected chi connectivity index (χ1v) is 6.86. The molecule has 0 N–H and O–H groups in total. The molecular weight excluding hydrogens is 256 g/mol. The van der Waals surface area contributed by atoms with Crippen LogP contribution >= 0.6 is 0 Å². The minimum atomic E-state index is 0.224. The second kappa shape index (κ2) is 5.45. The molecule has 5 heteroatoms. The third-order valence-electron chi connectivity index (χ3n) is 3.42. The van der Waals surface area contributed by atoms with Gasteiger partial charge in [-0.05, 0) is 36.6 Å². The largest absolute Gasteiger partial charge is 0.484 e. The molecule has 1 aromatic heterocycles. The quantitative estimate of drug-likeness (QED) is 0.856. The highest BCUT2D eigenvalue weighted by molar-refractivity contribution is 5.98. The molecule has 0 saturated heterocycles. The molecule has 2 aromatic rings. The Morgan fingerprint density at radius 3 is 3.05 bits per heavy atom. The van der Waals surface area contributed by atoms with E-state index in [9.17, 15) is 4.79 Å². The smallest absolute Gasteiger partial charge is 0.264 e. The SMILES string of the molecule is CCc1noc(COc2ccc3c(c2)CCCC3=O)n1. The van der Waals surface area contributed by atoms with Crippen molar-refractivity contribution >= 4 is 5.78 Å². The molecule has 5 nitrogen and oxygen atoms in total. The van der Waals surface area contributed by atoms with Gasteiger partial charge in [0, 0.05) is 18.4 Å². The van der Waals surface area contributed by atoms with Crippen LogP contribution in [0.2, 0.25) is 0 Å². The summed E-state index contributed by atoms with van der Waals surface area (Å²) in [7, 11) is 0. The van der Waals surface area contributed by atoms with Gasteiger partial charge in [-0.2, -0.15) is 4.98 Å². The number of carbonyl (C=O) groups excluding carboxylic acids is 1. The minimum Gasteiger partial charge on any atom is -0.484 e. The van der Waals surface area contributed by atoms with Crippen molar-refractivity contribution in [1.82, 2.24) is 10.1 Å². The van der Waals surface area contributed by atoms with Gasteiger partial charge < -0.3 is 9.26 Å². The fourth-order valence-electron chi connectivity index (χ4n) is 2.35. The molecule has 1 aliphatic rings. The summed E-state index contributed by atoms with van der Waals surface area (Å²) in [5, 5.41) is 3.82. The molecule has 3 rings (SSSR count). The molecule has 0 amide bonds. The molecule has 1 heterocycles. The first-order chi connectivity index (χ1) is 9.76. The number of ketones is 1. The van der Waals surface area contributed by atoms with Crippen LogP contribution in [0.3, 0.4) is 0 Å². The maximum atomic E-state index is 11.7. The van der Waals surface area contributed by atoms with Crippen LogP contribution in [0.1, 0.15) is 47.4 Å². The summed E-state index contributed by atoms with van der Waals surface area (Å²) in [6.07, 6.45) is 3.23. The number of nitrogens with zero attached hydrogens (tertiary/aromatic N) is 2. The van der Waals surface area contributed by atoms with Gasteiger partial charge in [0.15, 0.2) is 18.2 Å². The Morgan fingerprint density at radius 2 is 2.25 bits per heavy atom. The lowest BCUT2D eigenvalue weighted by molar-refractivity contribution is 0.0972. The van der Waals surface area contributed by atoms with E-state index in [1.54, 1.807) is 0 Å². The highest BCUT2D eigenvalue weighted by Gasteiger charge is 2.17. The van der Waals surface area contributed by atoms with Crippen LogP contribution in [0.15, 0.2) is 22.7 Å². The number of ether oxygens (including phenoxy) is 1. The van der Waals surface area contributed by atoms with E-state index < -0.39 is 0 Å². The van der Waals surface area contributed by atoms with Gasteiger partial charge in [-0.25, -0.2) is 0 Å². The summed E-state index contributed by atoms with van der Waals surface area (Å²) < 4.78 is 10.7. The van der Waals surface area contributed by atoms with Crippen molar-refractivity contribution in [2.24, 2.45) is 0 Å². The van der Waals surface area contributed by atoms with Crippen LogP contribution in [0, 0.1) is 0 Å². The number of benzene rings is 1. The van der Waals surface area contributed by atoms with Gasteiger partial charge in [-0.1, -0.05) is 12.1 Å². The maximum Gasteiger partial charge on any atom is 0.264 e. The Hall–Kier alpha value is -2.17. The Balaban J connectivity index is 1.70. The second-order valence-electron chi connectivity index (χ2n) is 4.84. The van der Waals surface area contributed by atoms with E-state index in [0.717, 1.165) is 36.1 Å². The normalized spacial score (nSPS) is 14.2. The first kappa shape index (κ1) is 12.8. The molecule has 0 saturated carbocycles. The zero-order valence-corrected chi connectivity index (χ0v) is 11.4. The first-order valence-electron chi connectivity index (χ1n) is 6.86. The number of hydrogen-bond acceptors (Lipinski definition) is 5. The lowest BCUT2D eigenvalue weighted by Crippen LogP contribution is -2.10. The zero-order valence-electron chi connectivity index (χ0n) is 11.4. The summed E-state index contributed by atoms with van der Waals surface area (Å²) in [6, 6.07) is 5.60. The maximum absolute atomic E-state index is 11.7. The summed E-state index contributed by atoms with van der Waals surface area (Å²) in [5.41, 5.74) is 1.90. The Bertz CT molecular complexity index is 634. The highest BCUT2D eigenvalue weighted by Crippen LogP contribution is 2.25. The Morgan fingerprint density at radius 1 is 1.35 bits per heavy atom. The topological polar surface area (TPSA) is 65.2 Å². The summed E-state index contributed by atoms with van der Waals surface area (Å²) in [5.74, 6) is 2.10. The van der Waals surface area contributed by atoms with Gasteiger partial charge in [0.05, 0.1) is 0 Å². The number of hydrogen-bond donors (Lipinski definition) is 0. The van der Waals surface area contributed by atoms with E-state index in [0.29, 0.717) is 18.1 Å². The second-order valence-corrected chi connectivity index (χ2v) is 4.84. The van der Waals surface area contributed by atoms with E-state index >= 15 is 0 Å². The van der Waals surface area contributed by atoms with Gasteiger partial charge in [0.2, 0.25) is 0 Å². The number of aryl methyl sites for hydroxylation is 2. The van der Waals surface area contributed by atoms with E-state index in [-0.39, 0.29) is 12.4 Å². The van der Waals surface area contributed by atoms with Crippen molar-refractivity contribution in [3.05, 3.63) is 41.0 Å². The van der Waals surface area contributed by atoms with E-state index in [4.69, 9.17) is 9.26 Å². The predicted molar refractivity (Wildman–Crippen MR) is 71.7 cm³/mol. The van der Waals surface area contributed by atoms with Crippen molar-refractivity contribution in [1.29, 1.82) is 0 Å². The highest BCUT2D eigenvalue weighted by atomic mass is 16.5. The summed E-state index contributed by atoms with van der Waals surface area (Å²) in [6.45, 7) is 2.22. The standard InChI is InChI=1S/C15H16N2O3/c1-2-14-16-15(20-17-14)9-19-11-6-7-12-10(8-11)4-3-5-13(12)18/h6-8H,2-5,9H2,1H3. The molecule has 1 aliphatic carbocycles.